The van der Waals surface area contributed by atoms with Crippen molar-refractivity contribution in [2.24, 2.45) is 5.73 Å². The highest BCUT2D eigenvalue weighted by Crippen LogP contribution is 2.35. The van der Waals surface area contributed by atoms with Crippen LogP contribution in [-0.4, -0.2) is 3.92 Å². The lowest BCUT2D eigenvalue weighted by atomic mass is 9.88. The molecule has 0 radical (unpaired) electrons. The van der Waals surface area contributed by atoms with Gasteiger partial charge in [-0.3, -0.25) is 0 Å². The Hall–Kier alpha value is 0.200. The normalized spacial score (nSPS) is 27.0. The van der Waals surface area contributed by atoms with E-state index in [-0.39, 0.29) is 6.04 Å². The van der Waals surface area contributed by atoms with Crippen molar-refractivity contribution in [3.05, 3.63) is 34.3 Å². The van der Waals surface area contributed by atoms with Crippen molar-refractivity contribution in [2.75, 3.05) is 0 Å². The van der Waals surface area contributed by atoms with Crippen molar-refractivity contribution >= 4 is 34.2 Å². The average molecular weight is 308 g/mol. The van der Waals surface area contributed by atoms with Gasteiger partial charge in [0.2, 0.25) is 0 Å². The number of rotatable bonds is 0. The lowest BCUT2D eigenvalue weighted by Crippen LogP contribution is -2.27. The lowest BCUT2D eigenvalue weighted by Gasteiger charge is -2.27. The molecule has 1 aliphatic rings. The molecule has 1 nitrogen and oxygen atoms in total. The van der Waals surface area contributed by atoms with Crippen LogP contribution < -0.4 is 5.73 Å². The minimum Gasteiger partial charge on any atom is -0.323 e. The molecule has 1 aromatic carbocycles. The maximum atomic E-state index is 6.10. The molecule has 0 aliphatic heterocycles. The molecule has 1 aliphatic carbocycles. The van der Waals surface area contributed by atoms with Crippen LogP contribution >= 0.6 is 34.2 Å². The van der Waals surface area contributed by atoms with Gasteiger partial charge in [0.1, 0.15) is 0 Å². The summed E-state index contributed by atoms with van der Waals surface area (Å²) in [6.45, 7) is 0. The zero-order chi connectivity index (χ0) is 9.42. The monoisotopic (exact) mass is 307 g/mol. The van der Waals surface area contributed by atoms with Gasteiger partial charge in [0.15, 0.2) is 0 Å². The highest BCUT2D eigenvalue weighted by molar-refractivity contribution is 14.1. The van der Waals surface area contributed by atoms with Gasteiger partial charge < -0.3 is 5.73 Å². The Morgan fingerprint density at radius 1 is 1.46 bits per heavy atom. The van der Waals surface area contributed by atoms with Gasteiger partial charge in [0.05, 0.1) is 0 Å². The Morgan fingerprint density at radius 2 is 2.23 bits per heavy atom. The first-order valence-electron chi connectivity index (χ1n) is 4.37. The molecule has 1 unspecified atom stereocenters. The standard InChI is InChI=1S/C10H11ClIN/c11-8-3-1-2-7-6(8)4-5-9(12)10(7)13/h1-3,9-10H,4-5,13H2/t9?,10-/m1/s1. The van der Waals surface area contributed by atoms with Crippen molar-refractivity contribution in [1.82, 2.24) is 0 Å². The second kappa shape index (κ2) is 3.75. The summed E-state index contributed by atoms with van der Waals surface area (Å²) in [7, 11) is 0. The molecule has 0 amide bonds. The van der Waals surface area contributed by atoms with Crippen molar-refractivity contribution < 1.29 is 0 Å². The molecule has 70 valence electrons. The third-order valence-corrected chi connectivity index (χ3v) is 4.33. The number of hydrogen-bond donors (Lipinski definition) is 1. The molecule has 1 aromatic rings. The van der Waals surface area contributed by atoms with Gasteiger partial charge in [-0.25, -0.2) is 0 Å². The number of hydrogen-bond acceptors (Lipinski definition) is 1. The second-order valence-corrected chi connectivity index (χ2v) is 5.40. The lowest BCUT2D eigenvalue weighted by molar-refractivity contribution is 0.605. The third kappa shape index (κ3) is 1.72. The van der Waals surface area contributed by atoms with Crippen molar-refractivity contribution in [2.45, 2.75) is 22.8 Å². The molecule has 0 aromatic heterocycles. The molecule has 13 heavy (non-hydrogen) atoms. The predicted octanol–water partition coefficient (Wildman–Crippen LogP) is 3.09. The zero-order valence-electron chi connectivity index (χ0n) is 7.13. The number of fused-ring (bicyclic) bond motifs is 1. The van der Waals surface area contributed by atoms with E-state index in [9.17, 15) is 0 Å². The summed E-state index contributed by atoms with van der Waals surface area (Å²) in [5.41, 5.74) is 8.58. The topological polar surface area (TPSA) is 26.0 Å². The van der Waals surface area contributed by atoms with Crippen LogP contribution in [0.5, 0.6) is 0 Å². The van der Waals surface area contributed by atoms with Crippen LogP contribution in [-0.2, 0) is 6.42 Å². The van der Waals surface area contributed by atoms with Crippen molar-refractivity contribution in [3.63, 3.8) is 0 Å². The smallest absolute Gasteiger partial charge is 0.0441 e. The fraction of sp³-hybridized carbons (Fsp3) is 0.400. The highest BCUT2D eigenvalue weighted by atomic mass is 127. The first-order valence-corrected chi connectivity index (χ1v) is 5.99. The Labute approximate surface area is 96.8 Å². The number of alkyl halides is 1. The molecule has 0 saturated heterocycles. The van der Waals surface area contributed by atoms with Crippen LogP contribution in [0.3, 0.4) is 0 Å². The molecular formula is C10H11ClIN. The SMILES string of the molecule is N[C@@H]1c2cccc(Cl)c2CCC1I. The largest absolute Gasteiger partial charge is 0.323 e. The molecular weight excluding hydrogens is 296 g/mol. The summed E-state index contributed by atoms with van der Waals surface area (Å²) in [5, 5.41) is 0.872. The minimum absolute atomic E-state index is 0.156. The molecule has 0 heterocycles. The Morgan fingerprint density at radius 3 is 3.00 bits per heavy atom. The van der Waals surface area contributed by atoms with Crippen molar-refractivity contribution in [1.29, 1.82) is 0 Å². The summed E-state index contributed by atoms with van der Waals surface area (Å²) in [4.78, 5) is 0. The molecule has 2 rings (SSSR count). The number of halogens is 2. The van der Waals surface area contributed by atoms with Crippen LogP contribution in [0, 0.1) is 0 Å². The molecule has 3 heteroatoms. The molecule has 2 atom stereocenters. The van der Waals surface area contributed by atoms with Crippen LogP contribution in [0.1, 0.15) is 23.6 Å². The van der Waals surface area contributed by atoms with E-state index < -0.39 is 0 Å². The highest BCUT2D eigenvalue weighted by Gasteiger charge is 2.25. The van der Waals surface area contributed by atoms with E-state index in [0.717, 1.165) is 17.9 Å². The average Bonchev–Trinajstić information content (AvgIpc) is 2.12. The Kier molecular flexibility index (Phi) is 2.81. The van der Waals surface area contributed by atoms with Gasteiger partial charge in [-0.1, -0.05) is 46.3 Å². The van der Waals surface area contributed by atoms with Gasteiger partial charge in [0, 0.05) is 15.0 Å². The van der Waals surface area contributed by atoms with E-state index in [1.54, 1.807) is 0 Å². The first-order chi connectivity index (χ1) is 6.20. The first kappa shape index (κ1) is 9.74. The van der Waals surface area contributed by atoms with Crippen LogP contribution in [0.25, 0.3) is 0 Å². The summed E-state index contributed by atoms with van der Waals surface area (Å²) in [5.74, 6) is 0. The molecule has 0 fully saturated rings. The van der Waals surface area contributed by atoms with E-state index in [2.05, 4.69) is 28.7 Å². The molecule has 0 spiro atoms. The van der Waals surface area contributed by atoms with E-state index in [4.69, 9.17) is 17.3 Å². The molecule has 0 saturated carbocycles. The number of benzene rings is 1. The van der Waals surface area contributed by atoms with E-state index in [0.29, 0.717) is 3.92 Å². The fourth-order valence-electron chi connectivity index (χ4n) is 1.81. The van der Waals surface area contributed by atoms with E-state index in [1.165, 1.54) is 11.1 Å². The number of nitrogens with two attached hydrogens (primary N) is 1. The van der Waals surface area contributed by atoms with Gasteiger partial charge in [-0.2, -0.15) is 0 Å². The predicted molar refractivity (Wildman–Crippen MR) is 64.5 cm³/mol. The second-order valence-electron chi connectivity index (χ2n) is 3.39. The van der Waals surface area contributed by atoms with Gasteiger partial charge in [0.25, 0.3) is 0 Å². The van der Waals surface area contributed by atoms with Gasteiger partial charge in [-0.15, -0.1) is 0 Å². The summed E-state index contributed by atoms with van der Waals surface area (Å²) < 4.78 is 0.545. The third-order valence-electron chi connectivity index (χ3n) is 2.57. The zero-order valence-corrected chi connectivity index (χ0v) is 10.0. The van der Waals surface area contributed by atoms with Crippen LogP contribution in [0.4, 0.5) is 0 Å². The molecule has 2 N–H and O–H groups in total. The Bertz CT molecular complexity index is 327. The maximum Gasteiger partial charge on any atom is 0.0441 e. The van der Waals surface area contributed by atoms with Crippen molar-refractivity contribution in [3.8, 4) is 0 Å². The van der Waals surface area contributed by atoms with Gasteiger partial charge >= 0.3 is 0 Å². The fourth-order valence-corrected chi connectivity index (χ4v) is 2.78. The van der Waals surface area contributed by atoms with E-state index in [1.807, 2.05) is 12.1 Å². The minimum atomic E-state index is 0.156. The summed E-state index contributed by atoms with van der Waals surface area (Å²) >= 11 is 8.52. The maximum absolute atomic E-state index is 6.10. The van der Waals surface area contributed by atoms with Crippen LogP contribution in [0.2, 0.25) is 5.02 Å². The molecule has 0 bridgehead atoms. The summed E-state index contributed by atoms with van der Waals surface area (Å²) in [6, 6.07) is 6.18. The van der Waals surface area contributed by atoms with Gasteiger partial charge in [-0.05, 0) is 30.0 Å². The quantitative estimate of drug-likeness (QED) is 0.578. The Balaban J connectivity index is 2.49. The van der Waals surface area contributed by atoms with E-state index >= 15 is 0 Å². The summed E-state index contributed by atoms with van der Waals surface area (Å²) in [6.07, 6.45) is 2.20. The van der Waals surface area contributed by atoms with Crippen LogP contribution in [0.15, 0.2) is 18.2 Å².